The zero-order chi connectivity index (χ0) is 13.0. The van der Waals surface area contributed by atoms with Crippen molar-refractivity contribution in [3.63, 3.8) is 0 Å². The van der Waals surface area contributed by atoms with Crippen molar-refractivity contribution < 1.29 is 4.74 Å². The van der Waals surface area contributed by atoms with Crippen LogP contribution in [0.2, 0.25) is 0 Å². The van der Waals surface area contributed by atoms with Gasteiger partial charge in [0, 0.05) is 11.1 Å². The second-order valence-electron chi connectivity index (χ2n) is 4.25. The molecule has 0 aliphatic carbocycles. The summed E-state index contributed by atoms with van der Waals surface area (Å²) >= 11 is 3.50. The topological polar surface area (TPSA) is 21.3 Å². The highest BCUT2D eigenvalue weighted by atomic mass is 79.9. The highest BCUT2D eigenvalue weighted by molar-refractivity contribution is 9.10. The molecule has 3 heteroatoms. The summed E-state index contributed by atoms with van der Waals surface area (Å²) in [5.41, 5.74) is 1.26. The van der Waals surface area contributed by atoms with E-state index in [1.807, 2.05) is 14.0 Å². The van der Waals surface area contributed by atoms with Gasteiger partial charge in [-0.1, -0.05) is 34.1 Å². The number of halogens is 1. The summed E-state index contributed by atoms with van der Waals surface area (Å²) in [4.78, 5) is 0. The van der Waals surface area contributed by atoms with Gasteiger partial charge < -0.3 is 10.1 Å². The molecule has 0 spiro atoms. The van der Waals surface area contributed by atoms with Gasteiger partial charge in [0.25, 0.3) is 0 Å². The van der Waals surface area contributed by atoms with E-state index in [0.717, 1.165) is 11.1 Å². The Kier molecular flexibility index (Phi) is 4.75. The number of hydrogen-bond acceptors (Lipinski definition) is 2. The van der Waals surface area contributed by atoms with Gasteiger partial charge in [-0.2, -0.15) is 0 Å². The van der Waals surface area contributed by atoms with Crippen LogP contribution in [0.1, 0.15) is 18.5 Å². The Morgan fingerprint density at radius 1 is 1.17 bits per heavy atom. The zero-order valence-corrected chi connectivity index (χ0v) is 12.3. The van der Waals surface area contributed by atoms with E-state index in [0.29, 0.717) is 6.61 Å². The molecule has 0 fully saturated rings. The van der Waals surface area contributed by atoms with Crippen molar-refractivity contribution >= 4 is 26.7 Å². The molecule has 0 aliphatic rings. The minimum Gasteiger partial charge on any atom is -0.380 e. The summed E-state index contributed by atoms with van der Waals surface area (Å²) < 4.78 is 6.62. The van der Waals surface area contributed by atoms with Crippen LogP contribution in [0.15, 0.2) is 40.9 Å². The van der Waals surface area contributed by atoms with Crippen LogP contribution in [0, 0.1) is 0 Å². The molecule has 0 bridgehead atoms. The van der Waals surface area contributed by atoms with Crippen LogP contribution in [-0.2, 0) is 4.74 Å². The van der Waals surface area contributed by atoms with Gasteiger partial charge in [-0.15, -0.1) is 0 Å². The van der Waals surface area contributed by atoms with Gasteiger partial charge in [0.2, 0.25) is 0 Å². The normalized spacial score (nSPS) is 12.8. The Morgan fingerprint density at radius 2 is 1.89 bits per heavy atom. The van der Waals surface area contributed by atoms with Crippen molar-refractivity contribution in [3.05, 3.63) is 46.4 Å². The molecule has 1 unspecified atom stereocenters. The van der Waals surface area contributed by atoms with Gasteiger partial charge in [0.1, 0.15) is 0 Å². The first-order chi connectivity index (χ1) is 8.74. The van der Waals surface area contributed by atoms with E-state index >= 15 is 0 Å². The number of benzene rings is 2. The lowest BCUT2D eigenvalue weighted by atomic mass is 10.0. The first kappa shape index (κ1) is 13.5. The molecule has 0 radical (unpaired) electrons. The highest BCUT2D eigenvalue weighted by Gasteiger charge is 2.09. The van der Waals surface area contributed by atoms with Crippen molar-refractivity contribution in [2.24, 2.45) is 0 Å². The Morgan fingerprint density at radius 3 is 2.61 bits per heavy atom. The number of likely N-dealkylation sites (N-methyl/N-ethyl adjacent to an activating group) is 1. The van der Waals surface area contributed by atoms with Crippen LogP contribution in [-0.4, -0.2) is 20.3 Å². The summed E-state index contributed by atoms with van der Waals surface area (Å²) in [6.45, 7) is 3.47. The van der Waals surface area contributed by atoms with Crippen LogP contribution < -0.4 is 5.32 Å². The van der Waals surface area contributed by atoms with E-state index in [1.54, 1.807) is 0 Å². The van der Waals surface area contributed by atoms with Crippen molar-refractivity contribution in [2.75, 3.05) is 20.3 Å². The highest BCUT2D eigenvalue weighted by Crippen LogP contribution is 2.23. The lowest BCUT2D eigenvalue weighted by Crippen LogP contribution is -2.21. The van der Waals surface area contributed by atoms with Crippen molar-refractivity contribution in [3.8, 4) is 0 Å². The number of ether oxygens (including phenoxy) is 1. The average molecular weight is 308 g/mol. The number of fused-ring (bicyclic) bond motifs is 1. The third-order valence-corrected chi connectivity index (χ3v) is 3.56. The lowest BCUT2D eigenvalue weighted by molar-refractivity contribution is 0.125. The Labute approximate surface area is 116 Å². The molecule has 1 atom stereocenters. The minimum atomic E-state index is 0.248. The quantitative estimate of drug-likeness (QED) is 0.904. The first-order valence-corrected chi connectivity index (χ1v) is 6.98. The minimum absolute atomic E-state index is 0.248. The Hall–Kier alpha value is -0.900. The molecular weight excluding hydrogens is 290 g/mol. The summed E-state index contributed by atoms with van der Waals surface area (Å²) in [6.07, 6.45) is 0. The summed E-state index contributed by atoms with van der Waals surface area (Å²) in [7, 11) is 1.97. The van der Waals surface area contributed by atoms with Crippen LogP contribution >= 0.6 is 15.9 Å². The number of hydrogen-bond donors (Lipinski definition) is 1. The fourth-order valence-corrected chi connectivity index (χ4v) is 2.41. The smallest absolute Gasteiger partial charge is 0.0661 e. The van der Waals surface area contributed by atoms with Crippen LogP contribution in [0.25, 0.3) is 10.8 Å². The average Bonchev–Trinajstić information content (AvgIpc) is 2.39. The molecule has 0 saturated carbocycles. The van der Waals surface area contributed by atoms with Crippen molar-refractivity contribution in [2.45, 2.75) is 13.0 Å². The molecule has 0 amide bonds. The molecule has 0 aliphatic heterocycles. The standard InChI is InChI=1S/C15H18BrNO/c1-3-18-10-15(17-2)13-5-4-12-9-14(16)7-6-11(12)8-13/h4-9,15,17H,3,10H2,1-2H3. The van der Waals surface area contributed by atoms with Crippen molar-refractivity contribution in [1.82, 2.24) is 5.32 Å². The van der Waals surface area contributed by atoms with Crippen molar-refractivity contribution in [1.29, 1.82) is 0 Å². The molecule has 0 heterocycles. The third-order valence-electron chi connectivity index (χ3n) is 3.07. The molecule has 2 nitrogen and oxygen atoms in total. The third kappa shape index (κ3) is 3.10. The van der Waals surface area contributed by atoms with E-state index in [-0.39, 0.29) is 6.04 Å². The second kappa shape index (κ2) is 6.32. The second-order valence-corrected chi connectivity index (χ2v) is 5.17. The number of rotatable bonds is 5. The molecule has 2 aromatic rings. The maximum absolute atomic E-state index is 5.50. The zero-order valence-electron chi connectivity index (χ0n) is 10.7. The van der Waals surface area contributed by atoms with Crippen LogP contribution in [0.4, 0.5) is 0 Å². The predicted octanol–water partition coefficient (Wildman–Crippen LogP) is 3.90. The fourth-order valence-electron chi connectivity index (χ4n) is 2.03. The van der Waals surface area contributed by atoms with Gasteiger partial charge in [-0.3, -0.25) is 0 Å². The molecule has 2 rings (SSSR count). The molecule has 2 aromatic carbocycles. The van der Waals surface area contributed by atoms with Crippen LogP contribution in [0.5, 0.6) is 0 Å². The van der Waals surface area contributed by atoms with Gasteiger partial charge in [-0.25, -0.2) is 0 Å². The Balaban J connectivity index is 2.30. The fraction of sp³-hybridized carbons (Fsp3) is 0.333. The van der Waals surface area contributed by atoms with E-state index in [1.165, 1.54) is 16.3 Å². The maximum Gasteiger partial charge on any atom is 0.0661 e. The van der Waals surface area contributed by atoms with E-state index in [9.17, 15) is 0 Å². The monoisotopic (exact) mass is 307 g/mol. The summed E-state index contributed by atoms with van der Waals surface area (Å²) in [5.74, 6) is 0. The molecule has 96 valence electrons. The first-order valence-electron chi connectivity index (χ1n) is 6.19. The van der Waals surface area contributed by atoms with Gasteiger partial charge >= 0.3 is 0 Å². The van der Waals surface area contributed by atoms with E-state index < -0.39 is 0 Å². The summed E-state index contributed by atoms with van der Waals surface area (Å²) in [5, 5.41) is 5.80. The van der Waals surface area contributed by atoms with Gasteiger partial charge in [0.05, 0.1) is 12.6 Å². The van der Waals surface area contributed by atoms with Gasteiger partial charge in [-0.05, 0) is 48.5 Å². The number of nitrogens with one attached hydrogen (secondary N) is 1. The molecule has 18 heavy (non-hydrogen) atoms. The Bertz CT molecular complexity index is 527. The molecular formula is C15H18BrNO. The SMILES string of the molecule is CCOCC(NC)c1ccc2cc(Br)ccc2c1. The maximum atomic E-state index is 5.50. The largest absolute Gasteiger partial charge is 0.380 e. The summed E-state index contributed by atoms with van der Waals surface area (Å²) in [6, 6.07) is 13.1. The van der Waals surface area contributed by atoms with E-state index in [2.05, 4.69) is 57.6 Å². The molecule has 0 aromatic heterocycles. The molecule has 1 N–H and O–H groups in total. The van der Waals surface area contributed by atoms with Gasteiger partial charge in [0.15, 0.2) is 0 Å². The predicted molar refractivity (Wildman–Crippen MR) is 79.9 cm³/mol. The van der Waals surface area contributed by atoms with E-state index in [4.69, 9.17) is 4.74 Å². The van der Waals surface area contributed by atoms with Crippen LogP contribution in [0.3, 0.4) is 0 Å². The lowest BCUT2D eigenvalue weighted by Gasteiger charge is -2.17. The molecule has 0 saturated heterocycles.